The summed E-state index contributed by atoms with van der Waals surface area (Å²) in [6.07, 6.45) is -3.10. The molecule has 2 aromatic rings. The maximum absolute atomic E-state index is 13.9. The van der Waals surface area contributed by atoms with Crippen LogP contribution in [0.3, 0.4) is 0 Å². The monoisotopic (exact) mass is 480 g/mol. The normalized spacial score (nSPS) is 14.7. The summed E-state index contributed by atoms with van der Waals surface area (Å²) in [4.78, 5) is 39.9. The van der Waals surface area contributed by atoms with Gasteiger partial charge in [-0.25, -0.2) is 4.68 Å². The lowest BCUT2D eigenvalue weighted by atomic mass is 9.97. The first-order chi connectivity index (χ1) is 16.0. The molecule has 1 aliphatic heterocycles. The van der Waals surface area contributed by atoms with Gasteiger partial charge in [-0.05, 0) is 38.3 Å². The van der Waals surface area contributed by atoms with E-state index in [4.69, 9.17) is 4.74 Å². The van der Waals surface area contributed by atoms with Gasteiger partial charge < -0.3 is 14.5 Å². The Labute approximate surface area is 195 Å². The fourth-order valence-corrected chi connectivity index (χ4v) is 3.97. The zero-order valence-electron chi connectivity index (χ0n) is 19.3. The van der Waals surface area contributed by atoms with E-state index in [0.717, 1.165) is 11.1 Å². The number of piperidine rings is 1. The average molecular weight is 480 g/mol. The van der Waals surface area contributed by atoms with Gasteiger partial charge in [-0.1, -0.05) is 18.2 Å². The van der Waals surface area contributed by atoms with Gasteiger partial charge in [0, 0.05) is 20.1 Å². The Morgan fingerprint density at radius 3 is 2.41 bits per heavy atom. The number of ether oxygens (including phenoxy) is 1. The molecule has 184 valence electrons. The van der Waals surface area contributed by atoms with Crippen molar-refractivity contribution in [2.24, 2.45) is 5.92 Å². The molecule has 11 heteroatoms. The number of likely N-dealkylation sites (N-methyl/N-ethyl adjacent to an activating group) is 1. The summed E-state index contributed by atoms with van der Waals surface area (Å²) < 4.78 is 47.6. The highest BCUT2D eigenvalue weighted by Gasteiger charge is 2.41. The van der Waals surface area contributed by atoms with Crippen LogP contribution in [0, 0.1) is 12.8 Å². The van der Waals surface area contributed by atoms with Gasteiger partial charge in [0.1, 0.15) is 0 Å². The highest BCUT2D eigenvalue weighted by molar-refractivity contribution is 5.97. The summed E-state index contributed by atoms with van der Waals surface area (Å²) in [6, 6.07) is 6.41. The van der Waals surface area contributed by atoms with Crippen LogP contribution >= 0.6 is 0 Å². The Balaban J connectivity index is 1.73. The van der Waals surface area contributed by atoms with Crippen LogP contribution in [0.4, 0.5) is 13.2 Å². The van der Waals surface area contributed by atoms with Crippen LogP contribution in [-0.4, -0.2) is 70.7 Å². The lowest BCUT2D eigenvalue weighted by molar-refractivity contribution is -0.151. The molecule has 0 N–H and O–H groups in total. The number of likely N-dealkylation sites (tertiary alicyclic amines) is 1. The minimum atomic E-state index is -4.84. The van der Waals surface area contributed by atoms with Gasteiger partial charge in [-0.15, -0.1) is 0 Å². The Morgan fingerprint density at radius 2 is 1.82 bits per heavy atom. The smallest absolute Gasteiger partial charge is 0.434 e. The van der Waals surface area contributed by atoms with Crippen molar-refractivity contribution in [3.63, 3.8) is 0 Å². The number of hydrogen-bond acceptors (Lipinski definition) is 5. The number of aryl methyl sites for hydroxylation is 1. The van der Waals surface area contributed by atoms with Crippen molar-refractivity contribution < 1.29 is 32.3 Å². The predicted octanol–water partition coefficient (Wildman–Crippen LogP) is 3.07. The van der Waals surface area contributed by atoms with E-state index in [1.54, 1.807) is 32.0 Å². The summed E-state index contributed by atoms with van der Waals surface area (Å²) in [5, 5.41) is 3.84. The second-order valence-electron chi connectivity index (χ2n) is 8.17. The van der Waals surface area contributed by atoms with Crippen LogP contribution in [0.15, 0.2) is 30.5 Å². The molecule has 0 spiro atoms. The van der Waals surface area contributed by atoms with Crippen molar-refractivity contribution in [3.8, 4) is 5.69 Å². The summed E-state index contributed by atoms with van der Waals surface area (Å²) in [5.74, 6) is -1.95. The predicted molar refractivity (Wildman–Crippen MR) is 116 cm³/mol. The Bertz CT molecular complexity index is 1060. The van der Waals surface area contributed by atoms with Crippen LogP contribution in [0.1, 0.15) is 41.4 Å². The lowest BCUT2D eigenvalue weighted by Gasteiger charge is -2.32. The van der Waals surface area contributed by atoms with Crippen molar-refractivity contribution in [1.29, 1.82) is 0 Å². The summed E-state index contributed by atoms with van der Waals surface area (Å²) in [5.41, 5.74) is -1.06. The third kappa shape index (κ3) is 5.40. The van der Waals surface area contributed by atoms with Crippen LogP contribution in [0.2, 0.25) is 0 Å². The molecule has 0 atom stereocenters. The number of alkyl halides is 3. The number of halogens is 3. The molecule has 1 fully saturated rings. The molecule has 2 heterocycles. The van der Waals surface area contributed by atoms with E-state index in [-0.39, 0.29) is 24.2 Å². The number of esters is 1. The van der Waals surface area contributed by atoms with Gasteiger partial charge in [0.2, 0.25) is 5.91 Å². The van der Waals surface area contributed by atoms with Gasteiger partial charge in [0.05, 0.1) is 36.5 Å². The zero-order chi connectivity index (χ0) is 25.0. The molecule has 2 amide bonds. The SMILES string of the molecule is CCOC(=O)C1CCN(C(=O)CN(C)C(=O)c2cnn(-c3ccccc3C)c2C(F)(F)F)CC1. The third-order valence-corrected chi connectivity index (χ3v) is 5.80. The molecule has 1 aromatic carbocycles. The largest absolute Gasteiger partial charge is 0.466 e. The quantitative estimate of drug-likeness (QED) is 0.594. The van der Waals surface area contributed by atoms with Crippen molar-refractivity contribution >= 4 is 17.8 Å². The second-order valence-corrected chi connectivity index (χ2v) is 8.17. The molecule has 0 radical (unpaired) electrons. The van der Waals surface area contributed by atoms with E-state index < -0.39 is 35.8 Å². The van der Waals surface area contributed by atoms with Crippen molar-refractivity contribution in [1.82, 2.24) is 19.6 Å². The number of rotatable bonds is 6. The molecule has 34 heavy (non-hydrogen) atoms. The minimum absolute atomic E-state index is 0.206. The average Bonchev–Trinajstić information content (AvgIpc) is 3.24. The van der Waals surface area contributed by atoms with E-state index in [1.807, 2.05) is 0 Å². The van der Waals surface area contributed by atoms with Gasteiger partial charge in [-0.2, -0.15) is 18.3 Å². The number of hydrogen-bond donors (Lipinski definition) is 0. The summed E-state index contributed by atoms with van der Waals surface area (Å²) in [7, 11) is 1.27. The van der Waals surface area contributed by atoms with Gasteiger partial charge in [-0.3, -0.25) is 14.4 Å². The van der Waals surface area contributed by atoms with E-state index in [2.05, 4.69) is 5.10 Å². The van der Waals surface area contributed by atoms with E-state index in [9.17, 15) is 27.6 Å². The standard InChI is InChI=1S/C23H27F3N4O4/c1-4-34-22(33)16-9-11-29(12-10-16)19(31)14-28(3)21(32)17-13-27-30(20(17)23(24,25)26)18-8-6-5-7-15(18)2/h5-8,13,16H,4,9-12,14H2,1-3H3. The van der Waals surface area contributed by atoms with Crippen molar-refractivity contribution in [2.75, 3.05) is 33.3 Å². The summed E-state index contributed by atoms with van der Waals surface area (Å²) in [6.45, 7) is 3.88. The van der Waals surface area contributed by atoms with E-state index in [1.165, 1.54) is 18.0 Å². The first-order valence-corrected chi connectivity index (χ1v) is 11.0. The number of nitrogens with zero attached hydrogens (tertiary/aromatic N) is 4. The highest BCUT2D eigenvalue weighted by Crippen LogP contribution is 2.34. The fourth-order valence-electron chi connectivity index (χ4n) is 3.97. The fraction of sp³-hybridized carbons (Fsp3) is 0.478. The third-order valence-electron chi connectivity index (χ3n) is 5.80. The molecule has 0 bridgehead atoms. The molecular formula is C23H27F3N4O4. The van der Waals surface area contributed by atoms with Gasteiger partial charge in [0.25, 0.3) is 5.91 Å². The van der Waals surface area contributed by atoms with Crippen LogP contribution < -0.4 is 0 Å². The first kappa shape index (κ1) is 25.3. The molecule has 0 saturated carbocycles. The number of para-hydroxylation sites is 1. The number of benzene rings is 1. The lowest BCUT2D eigenvalue weighted by Crippen LogP contribution is -2.45. The molecule has 1 saturated heterocycles. The molecule has 0 unspecified atom stereocenters. The molecule has 1 aromatic heterocycles. The highest BCUT2D eigenvalue weighted by atomic mass is 19.4. The maximum atomic E-state index is 13.9. The Hall–Kier alpha value is -3.37. The summed E-state index contributed by atoms with van der Waals surface area (Å²) >= 11 is 0. The number of amides is 2. The topological polar surface area (TPSA) is 84.7 Å². The molecule has 0 aliphatic carbocycles. The molecular weight excluding hydrogens is 453 g/mol. The maximum Gasteiger partial charge on any atom is 0.434 e. The molecule has 3 rings (SSSR count). The van der Waals surface area contributed by atoms with Crippen molar-refractivity contribution in [3.05, 3.63) is 47.3 Å². The second kappa shape index (κ2) is 10.3. The van der Waals surface area contributed by atoms with E-state index in [0.29, 0.717) is 36.2 Å². The Kier molecular flexibility index (Phi) is 7.63. The first-order valence-electron chi connectivity index (χ1n) is 11.0. The van der Waals surface area contributed by atoms with Gasteiger partial charge >= 0.3 is 12.1 Å². The molecule has 1 aliphatic rings. The Morgan fingerprint density at radius 1 is 1.18 bits per heavy atom. The number of carbonyl (C=O) groups excluding carboxylic acids is 3. The van der Waals surface area contributed by atoms with E-state index >= 15 is 0 Å². The number of carbonyl (C=O) groups is 3. The van der Waals surface area contributed by atoms with Gasteiger partial charge in [0.15, 0.2) is 5.69 Å². The van der Waals surface area contributed by atoms with Crippen molar-refractivity contribution in [2.45, 2.75) is 32.9 Å². The van der Waals surface area contributed by atoms with Crippen LogP contribution in [0.5, 0.6) is 0 Å². The minimum Gasteiger partial charge on any atom is -0.466 e. The van der Waals surface area contributed by atoms with Crippen LogP contribution in [-0.2, 0) is 20.5 Å². The van der Waals surface area contributed by atoms with Crippen LogP contribution in [0.25, 0.3) is 5.69 Å². The number of aromatic nitrogens is 2. The zero-order valence-corrected chi connectivity index (χ0v) is 19.3. The molecule has 8 nitrogen and oxygen atoms in total.